The molecular weight excluding hydrogens is 213 g/mol. The lowest BCUT2D eigenvalue weighted by Gasteiger charge is -2.11. The van der Waals surface area contributed by atoms with Gasteiger partial charge in [0, 0.05) is 6.07 Å². The molecule has 0 bridgehead atoms. The highest BCUT2D eigenvalue weighted by molar-refractivity contribution is 6.39. The second-order valence-electron chi connectivity index (χ2n) is 2.32. The van der Waals surface area contributed by atoms with Gasteiger partial charge in [-0.25, -0.2) is 0 Å². The summed E-state index contributed by atoms with van der Waals surface area (Å²) in [6, 6.07) is 1.56. The largest absolute Gasteiger partial charge is 0.494 e. The van der Waals surface area contributed by atoms with Gasteiger partial charge in [0.2, 0.25) is 0 Å². The smallest absolute Gasteiger partial charge is 0.158 e. The fraction of sp³-hybridized carbons (Fsp3) is 0.250. The van der Waals surface area contributed by atoms with Crippen molar-refractivity contribution in [3.8, 4) is 11.5 Å². The van der Waals surface area contributed by atoms with Crippen LogP contribution in [0.5, 0.6) is 11.5 Å². The lowest BCUT2D eigenvalue weighted by molar-refractivity contribution is 0.405. The minimum atomic E-state index is 0.270. The predicted molar refractivity (Wildman–Crippen MR) is 54.0 cm³/mol. The van der Waals surface area contributed by atoms with Crippen molar-refractivity contribution in [2.45, 2.75) is 0 Å². The lowest BCUT2D eigenvalue weighted by Crippen LogP contribution is -1.96. The normalized spacial score (nSPS) is 9.85. The zero-order valence-corrected chi connectivity index (χ0v) is 8.74. The summed E-state index contributed by atoms with van der Waals surface area (Å²) >= 11 is 11.7. The van der Waals surface area contributed by atoms with Crippen LogP contribution in [0, 0.1) is 0 Å². The summed E-state index contributed by atoms with van der Waals surface area (Å²) in [7, 11) is 2.96. The molecule has 0 spiro atoms. The topological polar surface area (TPSA) is 44.5 Å². The Morgan fingerprint density at radius 3 is 2.31 bits per heavy atom. The van der Waals surface area contributed by atoms with E-state index in [1.807, 2.05) is 0 Å². The van der Waals surface area contributed by atoms with E-state index in [0.29, 0.717) is 22.2 Å². The van der Waals surface area contributed by atoms with Crippen LogP contribution >= 0.6 is 23.2 Å². The maximum Gasteiger partial charge on any atom is 0.158 e. The molecule has 2 N–H and O–H groups in total. The first-order valence-electron chi connectivity index (χ1n) is 3.47. The van der Waals surface area contributed by atoms with Crippen LogP contribution in [-0.4, -0.2) is 14.2 Å². The standard InChI is InChI=1S/C8H9Cl2NO2/c1-12-5-3-4(9)8(13-2)6(10)7(5)11/h3H,11H2,1-2H3. The van der Waals surface area contributed by atoms with Crippen molar-refractivity contribution in [1.29, 1.82) is 0 Å². The van der Waals surface area contributed by atoms with Crippen LogP contribution in [0.4, 0.5) is 5.69 Å². The molecule has 1 aromatic carbocycles. The van der Waals surface area contributed by atoms with Gasteiger partial charge < -0.3 is 15.2 Å². The van der Waals surface area contributed by atoms with Gasteiger partial charge in [-0.1, -0.05) is 23.2 Å². The SMILES string of the molecule is COc1cc(Cl)c(OC)c(Cl)c1N. The number of nitrogen functional groups attached to an aromatic ring is 1. The third-order valence-corrected chi connectivity index (χ3v) is 2.26. The minimum Gasteiger partial charge on any atom is -0.494 e. The van der Waals surface area contributed by atoms with Gasteiger partial charge in [0.05, 0.1) is 24.9 Å². The first-order valence-corrected chi connectivity index (χ1v) is 4.22. The second kappa shape index (κ2) is 3.94. The fourth-order valence-electron chi connectivity index (χ4n) is 0.950. The summed E-state index contributed by atoms with van der Waals surface area (Å²) in [5.74, 6) is 0.803. The van der Waals surface area contributed by atoms with Gasteiger partial charge >= 0.3 is 0 Å². The third kappa shape index (κ3) is 1.76. The molecule has 0 aromatic heterocycles. The van der Waals surface area contributed by atoms with Gasteiger partial charge in [-0.2, -0.15) is 0 Å². The van der Waals surface area contributed by atoms with Crippen LogP contribution in [0.2, 0.25) is 10.0 Å². The van der Waals surface area contributed by atoms with E-state index in [1.54, 1.807) is 6.07 Å². The van der Waals surface area contributed by atoms with Crippen molar-refractivity contribution in [3.05, 3.63) is 16.1 Å². The van der Waals surface area contributed by atoms with Crippen LogP contribution in [0.15, 0.2) is 6.07 Å². The second-order valence-corrected chi connectivity index (χ2v) is 3.11. The Hall–Kier alpha value is -0.800. The monoisotopic (exact) mass is 221 g/mol. The Balaban J connectivity index is 3.37. The molecule has 0 fully saturated rings. The average molecular weight is 222 g/mol. The van der Waals surface area contributed by atoms with E-state index in [0.717, 1.165) is 0 Å². The Labute approximate surface area is 86.3 Å². The number of rotatable bonds is 2. The van der Waals surface area contributed by atoms with Gasteiger partial charge in [-0.3, -0.25) is 0 Å². The third-order valence-electron chi connectivity index (χ3n) is 1.60. The molecular formula is C8H9Cl2NO2. The van der Waals surface area contributed by atoms with Crippen molar-refractivity contribution in [3.63, 3.8) is 0 Å². The quantitative estimate of drug-likeness (QED) is 0.782. The number of benzene rings is 1. The van der Waals surface area contributed by atoms with Crippen molar-refractivity contribution >= 4 is 28.9 Å². The molecule has 0 aliphatic carbocycles. The lowest BCUT2D eigenvalue weighted by atomic mass is 10.3. The molecule has 1 rings (SSSR count). The highest BCUT2D eigenvalue weighted by Gasteiger charge is 2.14. The van der Waals surface area contributed by atoms with Crippen LogP contribution in [0.1, 0.15) is 0 Å². The molecule has 0 saturated carbocycles. The van der Waals surface area contributed by atoms with Crippen LogP contribution in [0.3, 0.4) is 0 Å². The van der Waals surface area contributed by atoms with E-state index in [1.165, 1.54) is 14.2 Å². The van der Waals surface area contributed by atoms with Gasteiger partial charge in [0.15, 0.2) is 5.75 Å². The summed E-state index contributed by atoms with van der Waals surface area (Å²) in [4.78, 5) is 0. The highest BCUT2D eigenvalue weighted by atomic mass is 35.5. The van der Waals surface area contributed by atoms with Crippen LogP contribution in [-0.2, 0) is 0 Å². The summed E-state index contributed by atoms with van der Waals surface area (Å²) in [5.41, 5.74) is 5.97. The van der Waals surface area contributed by atoms with Gasteiger partial charge in [-0.05, 0) is 0 Å². The molecule has 13 heavy (non-hydrogen) atoms. The van der Waals surface area contributed by atoms with Gasteiger partial charge in [-0.15, -0.1) is 0 Å². The van der Waals surface area contributed by atoms with E-state index >= 15 is 0 Å². The maximum absolute atomic E-state index is 5.87. The first kappa shape index (κ1) is 10.3. The summed E-state index contributed by atoms with van der Waals surface area (Å²) < 4.78 is 9.91. The zero-order chi connectivity index (χ0) is 10.0. The number of hydrogen-bond acceptors (Lipinski definition) is 3. The van der Waals surface area contributed by atoms with E-state index in [4.69, 9.17) is 38.4 Å². The van der Waals surface area contributed by atoms with E-state index < -0.39 is 0 Å². The van der Waals surface area contributed by atoms with Crippen LogP contribution < -0.4 is 15.2 Å². The molecule has 5 heteroatoms. The number of nitrogens with two attached hydrogens (primary N) is 1. The number of halogens is 2. The van der Waals surface area contributed by atoms with Gasteiger partial charge in [0.1, 0.15) is 10.8 Å². The average Bonchev–Trinajstić information content (AvgIpc) is 2.12. The number of anilines is 1. The summed E-state index contributed by atoms with van der Waals surface area (Å²) in [6.45, 7) is 0. The molecule has 0 amide bonds. The van der Waals surface area contributed by atoms with E-state index in [9.17, 15) is 0 Å². The molecule has 0 aliphatic rings. The molecule has 1 aromatic rings. The molecule has 0 aliphatic heterocycles. The van der Waals surface area contributed by atoms with Crippen LogP contribution in [0.25, 0.3) is 0 Å². The summed E-state index contributed by atoms with van der Waals surface area (Å²) in [5, 5.41) is 0.644. The van der Waals surface area contributed by atoms with Crippen molar-refractivity contribution in [2.24, 2.45) is 0 Å². The van der Waals surface area contributed by atoms with E-state index in [-0.39, 0.29) is 5.02 Å². The molecule has 72 valence electrons. The molecule has 0 atom stereocenters. The molecule has 3 nitrogen and oxygen atoms in total. The van der Waals surface area contributed by atoms with Crippen molar-refractivity contribution < 1.29 is 9.47 Å². The Kier molecular flexibility index (Phi) is 3.12. The Morgan fingerprint density at radius 2 is 1.85 bits per heavy atom. The Bertz CT molecular complexity index is 328. The minimum absolute atomic E-state index is 0.270. The molecule has 0 radical (unpaired) electrons. The first-order chi connectivity index (χ1) is 6.11. The molecule has 0 heterocycles. The fourth-order valence-corrected chi connectivity index (χ4v) is 1.54. The zero-order valence-electron chi connectivity index (χ0n) is 7.23. The molecule has 0 saturated heterocycles. The van der Waals surface area contributed by atoms with Crippen molar-refractivity contribution in [2.75, 3.05) is 20.0 Å². The van der Waals surface area contributed by atoms with E-state index in [2.05, 4.69) is 0 Å². The maximum atomic E-state index is 5.87. The van der Waals surface area contributed by atoms with Gasteiger partial charge in [0.25, 0.3) is 0 Å². The predicted octanol–water partition coefficient (Wildman–Crippen LogP) is 2.59. The summed E-state index contributed by atoms with van der Waals surface area (Å²) in [6.07, 6.45) is 0. The number of ether oxygens (including phenoxy) is 2. The Morgan fingerprint density at radius 1 is 1.23 bits per heavy atom. The number of methoxy groups -OCH3 is 2. The van der Waals surface area contributed by atoms with Crippen molar-refractivity contribution in [1.82, 2.24) is 0 Å². The molecule has 0 unspecified atom stereocenters. The number of hydrogen-bond donors (Lipinski definition) is 1. The highest BCUT2D eigenvalue weighted by Crippen LogP contribution is 2.42.